The Bertz CT molecular complexity index is 961. The Hall–Kier alpha value is -2.45. The third-order valence-corrected chi connectivity index (χ3v) is 4.56. The van der Waals surface area contributed by atoms with Gasteiger partial charge in [0.15, 0.2) is 29.7 Å². The molecule has 3 rings (SSSR count). The first-order valence-electron chi connectivity index (χ1n) is 8.57. The van der Waals surface area contributed by atoms with Gasteiger partial charge < -0.3 is 25.4 Å². The number of hydrogen-bond acceptors (Lipinski definition) is 8. The number of hydrogen-bond donors (Lipinski definition) is 3. The molecule has 10 nitrogen and oxygen atoms in total. The van der Waals surface area contributed by atoms with Crippen molar-refractivity contribution in [3.8, 4) is 5.88 Å². The number of rotatable bonds is 5. The molecule has 2 aromatic heterocycles. The maximum absolute atomic E-state index is 14.4. The zero-order chi connectivity index (χ0) is 21.7. The number of fused-ring (bicyclic) bond motifs is 1. The topological polar surface area (TPSA) is 138 Å². The molecule has 1 fully saturated rings. The normalized spacial score (nSPS) is 26.2. The number of aromatic nitrogens is 4. The highest BCUT2D eigenvalue weighted by atomic mass is 19.4. The average Bonchev–Trinajstić information content (AvgIpc) is 3.08. The van der Waals surface area contributed by atoms with Gasteiger partial charge in [-0.2, -0.15) is 23.1 Å². The van der Waals surface area contributed by atoms with E-state index >= 15 is 0 Å². The van der Waals surface area contributed by atoms with Crippen molar-refractivity contribution in [3.63, 3.8) is 0 Å². The maximum Gasteiger partial charge on any atom is 0.417 e. The summed E-state index contributed by atoms with van der Waals surface area (Å²) in [6.45, 7) is 1.90. The average molecular weight is 425 g/mol. The van der Waals surface area contributed by atoms with Crippen molar-refractivity contribution in [3.05, 3.63) is 10.5 Å². The van der Waals surface area contributed by atoms with E-state index in [1.165, 1.54) is 7.11 Å². The minimum atomic E-state index is -5.19. The minimum absolute atomic E-state index is 0.0552. The number of aryl methyl sites for hydroxylation is 1. The summed E-state index contributed by atoms with van der Waals surface area (Å²) in [4.78, 5) is 20.7. The largest absolute Gasteiger partial charge is 0.479 e. The lowest BCUT2D eigenvalue weighted by Crippen LogP contribution is -2.44. The van der Waals surface area contributed by atoms with Crippen LogP contribution in [0.5, 0.6) is 5.88 Å². The fourth-order valence-corrected chi connectivity index (χ4v) is 3.28. The number of ether oxygens (including phenoxy) is 2. The molecule has 0 aliphatic carbocycles. The van der Waals surface area contributed by atoms with E-state index in [1.54, 1.807) is 6.92 Å². The maximum atomic E-state index is 14.4. The summed E-state index contributed by atoms with van der Waals surface area (Å²) in [7, 11) is 1.26. The van der Waals surface area contributed by atoms with Gasteiger partial charge >= 0.3 is 11.9 Å². The molecule has 0 unspecified atom stereocenters. The predicted octanol–water partition coefficient (Wildman–Crippen LogP) is 0.113. The molecule has 0 radical (unpaired) electrons. The number of halogens is 4. The molecule has 0 amide bonds. The number of anilines is 1. The second-order valence-corrected chi connectivity index (χ2v) is 6.48. The zero-order valence-corrected chi connectivity index (χ0v) is 15.3. The lowest BCUT2D eigenvalue weighted by Gasteiger charge is -2.22. The molecule has 162 valence electrons. The van der Waals surface area contributed by atoms with Gasteiger partial charge in [0, 0.05) is 6.54 Å². The van der Waals surface area contributed by atoms with Gasteiger partial charge in [-0.05, 0) is 6.42 Å². The van der Waals surface area contributed by atoms with Gasteiger partial charge in [-0.1, -0.05) is 6.92 Å². The number of nitrogens with zero attached hydrogens (tertiary/aromatic N) is 4. The van der Waals surface area contributed by atoms with Crippen molar-refractivity contribution in [2.75, 3.05) is 12.8 Å². The van der Waals surface area contributed by atoms with Crippen molar-refractivity contribution in [2.24, 2.45) is 0 Å². The fourth-order valence-electron chi connectivity index (χ4n) is 3.28. The molecule has 3 heterocycles. The number of aliphatic hydroxyl groups excluding tert-OH is 2. The number of aliphatic hydroxyl groups is 2. The highest BCUT2D eigenvalue weighted by Crippen LogP contribution is 2.38. The van der Waals surface area contributed by atoms with Crippen LogP contribution >= 0.6 is 0 Å². The van der Waals surface area contributed by atoms with Crippen LogP contribution in [-0.4, -0.2) is 67.1 Å². The lowest BCUT2D eigenvalue weighted by molar-refractivity contribution is -0.241. The van der Waals surface area contributed by atoms with E-state index in [-0.39, 0.29) is 29.5 Å². The van der Waals surface area contributed by atoms with Gasteiger partial charge in [-0.3, -0.25) is 4.57 Å². The molecular formula is C15H19F4N5O5. The van der Waals surface area contributed by atoms with Crippen LogP contribution in [0.3, 0.4) is 0 Å². The Morgan fingerprint density at radius 2 is 2.03 bits per heavy atom. The van der Waals surface area contributed by atoms with Crippen molar-refractivity contribution in [1.29, 1.82) is 0 Å². The van der Waals surface area contributed by atoms with Crippen LogP contribution in [0.4, 0.5) is 23.5 Å². The third-order valence-electron chi connectivity index (χ3n) is 4.56. The standard InChI is InChI=1S/C15H19F4N5O5/c1-3-4-23-6-10(21-13(20)22-11(6)28-2)24(14(23)27)12-7(25)5(16)8(29-12)9(26)15(17,18)19/h5,7-9,12,25-26H,3-4H2,1-2H3,(H2,20,21,22)/t5-,7-,8+,9-,12-/m1/s1. The molecular weight excluding hydrogens is 406 g/mol. The first-order chi connectivity index (χ1) is 13.5. The molecule has 2 aromatic rings. The monoisotopic (exact) mass is 425 g/mol. The van der Waals surface area contributed by atoms with Gasteiger partial charge in [0.05, 0.1) is 7.11 Å². The summed E-state index contributed by atoms with van der Waals surface area (Å²) in [5.74, 6) is -0.416. The number of methoxy groups -OCH3 is 1. The van der Waals surface area contributed by atoms with Crippen LogP contribution in [-0.2, 0) is 11.3 Å². The SMILES string of the molecule is CCCn1c(=O)n([C@@H]2O[C@H]([C@@H](O)C(F)(F)F)[C@H](F)[C@H]2O)c2nc(N)nc(OC)c21. The molecule has 0 spiro atoms. The summed E-state index contributed by atoms with van der Waals surface area (Å²) in [6.07, 6.45) is -17.0. The van der Waals surface area contributed by atoms with Gasteiger partial charge in [-0.15, -0.1) is 0 Å². The Balaban J connectivity index is 2.18. The summed E-state index contributed by atoms with van der Waals surface area (Å²) in [5.41, 5.74) is 4.59. The number of nitrogen functional groups attached to an aromatic ring is 1. The molecule has 1 saturated heterocycles. The summed E-state index contributed by atoms with van der Waals surface area (Å²) in [6, 6.07) is 0. The number of alkyl halides is 4. The molecule has 0 aromatic carbocycles. The molecule has 29 heavy (non-hydrogen) atoms. The van der Waals surface area contributed by atoms with Crippen LogP contribution in [0.2, 0.25) is 0 Å². The fraction of sp³-hybridized carbons (Fsp3) is 0.667. The van der Waals surface area contributed by atoms with Crippen molar-refractivity contribution >= 4 is 17.1 Å². The molecule has 5 atom stereocenters. The Kier molecular flexibility index (Phi) is 5.44. The Labute approximate surface area is 160 Å². The Morgan fingerprint density at radius 3 is 2.59 bits per heavy atom. The van der Waals surface area contributed by atoms with Gasteiger partial charge in [0.2, 0.25) is 11.8 Å². The highest BCUT2D eigenvalue weighted by Gasteiger charge is 2.56. The van der Waals surface area contributed by atoms with Crippen molar-refractivity contribution in [1.82, 2.24) is 19.1 Å². The van der Waals surface area contributed by atoms with Gasteiger partial charge in [0.25, 0.3) is 0 Å². The van der Waals surface area contributed by atoms with E-state index in [4.69, 9.17) is 15.2 Å². The predicted molar refractivity (Wildman–Crippen MR) is 89.9 cm³/mol. The molecule has 4 N–H and O–H groups in total. The summed E-state index contributed by atoms with van der Waals surface area (Å²) in [5, 5.41) is 19.5. The van der Waals surface area contributed by atoms with E-state index in [0.717, 1.165) is 4.57 Å². The van der Waals surface area contributed by atoms with Crippen LogP contribution in [0, 0.1) is 0 Å². The third kappa shape index (κ3) is 3.40. The van der Waals surface area contributed by atoms with E-state index in [9.17, 15) is 32.6 Å². The first kappa shape index (κ1) is 21.3. The minimum Gasteiger partial charge on any atom is -0.479 e. The van der Waals surface area contributed by atoms with Crippen LogP contribution in [0.25, 0.3) is 11.2 Å². The van der Waals surface area contributed by atoms with Crippen molar-refractivity contribution in [2.45, 2.75) is 56.8 Å². The van der Waals surface area contributed by atoms with E-state index in [0.29, 0.717) is 11.0 Å². The lowest BCUT2D eigenvalue weighted by atomic mass is 10.1. The van der Waals surface area contributed by atoms with Crippen LogP contribution in [0.15, 0.2) is 4.79 Å². The molecule has 0 bridgehead atoms. The zero-order valence-electron chi connectivity index (χ0n) is 15.3. The Morgan fingerprint density at radius 1 is 1.38 bits per heavy atom. The molecule has 14 heteroatoms. The number of nitrogens with two attached hydrogens (primary N) is 1. The molecule has 0 saturated carbocycles. The smallest absolute Gasteiger partial charge is 0.417 e. The van der Waals surface area contributed by atoms with E-state index < -0.39 is 42.6 Å². The second-order valence-electron chi connectivity index (χ2n) is 6.48. The van der Waals surface area contributed by atoms with Crippen LogP contribution < -0.4 is 16.2 Å². The van der Waals surface area contributed by atoms with E-state index in [1.807, 2.05) is 0 Å². The second kappa shape index (κ2) is 7.42. The highest BCUT2D eigenvalue weighted by molar-refractivity contribution is 5.78. The van der Waals surface area contributed by atoms with E-state index in [2.05, 4.69) is 9.97 Å². The summed E-state index contributed by atoms with van der Waals surface area (Å²) >= 11 is 0. The van der Waals surface area contributed by atoms with Gasteiger partial charge in [0.1, 0.15) is 12.2 Å². The first-order valence-corrected chi connectivity index (χ1v) is 8.57. The van der Waals surface area contributed by atoms with Crippen LogP contribution in [0.1, 0.15) is 19.6 Å². The van der Waals surface area contributed by atoms with Crippen molar-refractivity contribution < 1.29 is 37.2 Å². The number of imidazole rings is 1. The molecule has 1 aliphatic rings. The summed E-state index contributed by atoms with van der Waals surface area (Å²) < 4.78 is 64.7. The van der Waals surface area contributed by atoms with Gasteiger partial charge in [-0.25, -0.2) is 13.8 Å². The quantitative estimate of drug-likeness (QED) is 0.574. The molecule has 1 aliphatic heterocycles.